The van der Waals surface area contributed by atoms with Crippen LogP contribution in [0, 0.1) is 0 Å². The van der Waals surface area contributed by atoms with Gasteiger partial charge in [-0.05, 0) is 38.0 Å². The number of ether oxygens (including phenoxy) is 1. The Kier molecular flexibility index (Phi) is 3.99. The highest BCUT2D eigenvalue weighted by Gasteiger charge is 2.25. The predicted molar refractivity (Wildman–Crippen MR) is 71.9 cm³/mol. The van der Waals surface area contributed by atoms with Gasteiger partial charge >= 0.3 is 0 Å². The van der Waals surface area contributed by atoms with E-state index in [4.69, 9.17) is 27.9 Å². The van der Waals surface area contributed by atoms with Gasteiger partial charge in [-0.2, -0.15) is 0 Å². The normalized spacial score (nSPS) is 24.4. The Bertz CT molecular complexity index is 406. The molecule has 1 unspecified atom stereocenters. The summed E-state index contributed by atoms with van der Waals surface area (Å²) >= 11 is 11.9. The van der Waals surface area contributed by atoms with E-state index in [1.54, 1.807) is 0 Å². The van der Waals surface area contributed by atoms with Crippen LogP contribution in [0.3, 0.4) is 0 Å². The van der Waals surface area contributed by atoms with Crippen LogP contribution in [0.25, 0.3) is 0 Å². The largest absolute Gasteiger partial charge is 0.372 e. The molecule has 2 rings (SSSR count). The van der Waals surface area contributed by atoms with E-state index < -0.39 is 0 Å². The second kappa shape index (κ2) is 5.15. The SMILES string of the molecule is CC1(C)CCOC(c2ccc(Cl)c(Cl)c2)CN1. The van der Waals surface area contributed by atoms with Gasteiger partial charge in [0.25, 0.3) is 0 Å². The van der Waals surface area contributed by atoms with E-state index in [0.717, 1.165) is 25.1 Å². The molecule has 2 nitrogen and oxygen atoms in total. The van der Waals surface area contributed by atoms with Gasteiger partial charge in [-0.3, -0.25) is 0 Å². The van der Waals surface area contributed by atoms with Gasteiger partial charge in [0.2, 0.25) is 0 Å². The highest BCUT2D eigenvalue weighted by molar-refractivity contribution is 6.42. The summed E-state index contributed by atoms with van der Waals surface area (Å²) in [5, 5.41) is 4.66. The molecule has 0 aromatic heterocycles. The molecular formula is C13H17Cl2NO. The topological polar surface area (TPSA) is 21.3 Å². The maximum atomic E-state index is 6.02. The first-order valence-corrected chi connectivity index (χ1v) is 6.55. The van der Waals surface area contributed by atoms with Gasteiger partial charge < -0.3 is 10.1 Å². The molecule has 17 heavy (non-hydrogen) atoms. The minimum atomic E-state index is 0.0477. The maximum Gasteiger partial charge on any atom is 0.0949 e. The summed E-state index contributed by atoms with van der Waals surface area (Å²) in [6.45, 7) is 5.93. The average molecular weight is 274 g/mol. The van der Waals surface area contributed by atoms with Gasteiger partial charge in [-0.25, -0.2) is 0 Å². The van der Waals surface area contributed by atoms with E-state index in [1.807, 2.05) is 18.2 Å². The monoisotopic (exact) mass is 273 g/mol. The third-order valence-electron chi connectivity index (χ3n) is 3.13. The molecule has 1 heterocycles. The zero-order valence-corrected chi connectivity index (χ0v) is 11.6. The summed E-state index contributed by atoms with van der Waals surface area (Å²) in [5.41, 5.74) is 1.20. The van der Waals surface area contributed by atoms with Crippen LogP contribution < -0.4 is 5.32 Å². The summed E-state index contributed by atoms with van der Waals surface area (Å²) in [5.74, 6) is 0. The molecule has 1 aliphatic rings. The van der Waals surface area contributed by atoms with Gasteiger partial charge in [0, 0.05) is 18.7 Å². The van der Waals surface area contributed by atoms with Gasteiger partial charge in [0.1, 0.15) is 0 Å². The van der Waals surface area contributed by atoms with E-state index in [1.165, 1.54) is 0 Å². The van der Waals surface area contributed by atoms with Crippen molar-refractivity contribution >= 4 is 23.2 Å². The molecule has 1 fully saturated rings. The number of benzene rings is 1. The Morgan fingerprint density at radius 1 is 1.29 bits per heavy atom. The molecule has 1 atom stereocenters. The van der Waals surface area contributed by atoms with Crippen molar-refractivity contribution in [3.8, 4) is 0 Å². The Hall–Kier alpha value is -0.280. The fourth-order valence-corrected chi connectivity index (χ4v) is 2.21. The van der Waals surface area contributed by atoms with Gasteiger partial charge in [0.05, 0.1) is 16.1 Å². The van der Waals surface area contributed by atoms with Crippen LogP contribution in [-0.2, 0) is 4.74 Å². The zero-order valence-electron chi connectivity index (χ0n) is 10.1. The van der Waals surface area contributed by atoms with E-state index in [0.29, 0.717) is 10.0 Å². The molecule has 1 N–H and O–H groups in total. The molecule has 1 aliphatic heterocycles. The molecule has 1 aromatic carbocycles. The van der Waals surface area contributed by atoms with Crippen molar-refractivity contribution in [2.45, 2.75) is 31.9 Å². The fraction of sp³-hybridized carbons (Fsp3) is 0.538. The number of rotatable bonds is 1. The Labute approximate surface area is 112 Å². The number of hydrogen-bond donors (Lipinski definition) is 1. The van der Waals surface area contributed by atoms with Crippen molar-refractivity contribution in [3.05, 3.63) is 33.8 Å². The van der Waals surface area contributed by atoms with E-state index >= 15 is 0 Å². The van der Waals surface area contributed by atoms with Gasteiger partial charge in [-0.15, -0.1) is 0 Å². The Morgan fingerprint density at radius 3 is 2.76 bits per heavy atom. The molecule has 0 spiro atoms. The average Bonchev–Trinajstić information content (AvgIpc) is 2.44. The predicted octanol–water partition coefficient (Wildman–Crippen LogP) is 3.82. The van der Waals surface area contributed by atoms with E-state index in [-0.39, 0.29) is 11.6 Å². The summed E-state index contributed by atoms with van der Waals surface area (Å²) in [7, 11) is 0. The first-order chi connectivity index (χ1) is 7.98. The second-order valence-electron chi connectivity index (χ2n) is 5.05. The number of nitrogens with one attached hydrogen (secondary N) is 1. The van der Waals surface area contributed by atoms with Crippen molar-refractivity contribution < 1.29 is 4.74 Å². The lowest BCUT2D eigenvalue weighted by molar-refractivity contribution is 0.0656. The third-order valence-corrected chi connectivity index (χ3v) is 3.87. The quantitative estimate of drug-likeness (QED) is 0.840. The van der Waals surface area contributed by atoms with Crippen molar-refractivity contribution in [2.24, 2.45) is 0 Å². The molecule has 0 saturated carbocycles. The highest BCUT2D eigenvalue weighted by Crippen LogP contribution is 2.28. The van der Waals surface area contributed by atoms with Crippen LogP contribution in [-0.4, -0.2) is 18.7 Å². The van der Waals surface area contributed by atoms with Crippen molar-refractivity contribution in [1.82, 2.24) is 5.32 Å². The highest BCUT2D eigenvalue weighted by atomic mass is 35.5. The molecule has 94 valence electrons. The van der Waals surface area contributed by atoms with Crippen LogP contribution in [0.15, 0.2) is 18.2 Å². The number of hydrogen-bond acceptors (Lipinski definition) is 2. The van der Waals surface area contributed by atoms with Crippen molar-refractivity contribution in [3.63, 3.8) is 0 Å². The Morgan fingerprint density at radius 2 is 2.06 bits per heavy atom. The smallest absolute Gasteiger partial charge is 0.0949 e. The Balaban J connectivity index is 2.14. The lowest BCUT2D eigenvalue weighted by Gasteiger charge is -2.23. The molecule has 0 radical (unpaired) electrons. The third kappa shape index (κ3) is 3.35. The van der Waals surface area contributed by atoms with Crippen LogP contribution in [0.1, 0.15) is 31.9 Å². The standard InChI is InChI=1S/C13H17Cl2NO/c1-13(2)5-6-17-12(8-16-13)9-3-4-10(14)11(15)7-9/h3-4,7,12,16H,5-6,8H2,1-2H3. The van der Waals surface area contributed by atoms with Gasteiger partial charge in [-0.1, -0.05) is 29.3 Å². The molecule has 0 bridgehead atoms. The lowest BCUT2D eigenvalue weighted by Crippen LogP contribution is -2.39. The molecule has 0 aliphatic carbocycles. The van der Waals surface area contributed by atoms with Crippen molar-refractivity contribution in [2.75, 3.05) is 13.2 Å². The van der Waals surface area contributed by atoms with Crippen LogP contribution in [0.2, 0.25) is 10.0 Å². The van der Waals surface area contributed by atoms with Crippen molar-refractivity contribution in [1.29, 1.82) is 0 Å². The summed E-state index contributed by atoms with van der Waals surface area (Å²) < 4.78 is 5.86. The van der Waals surface area contributed by atoms with E-state index in [9.17, 15) is 0 Å². The molecule has 0 amide bonds. The first-order valence-electron chi connectivity index (χ1n) is 5.79. The zero-order chi connectivity index (χ0) is 12.5. The molecule has 1 saturated heterocycles. The maximum absolute atomic E-state index is 6.02. The summed E-state index contributed by atoms with van der Waals surface area (Å²) in [4.78, 5) is 0. The molecular weight excluding hydrogens is 257 g/mol. The molecule has 1 aromatic rings. The molecule has 4 heteroatoms. The minimum Gasteiger partial charge on any atom is -0.372 e. The van der Waals surface area contributed by atoms with E-state index in [2.05, 4.69) is 19.2 Å². The fourth-order valence-electron chi connectivity index (χ4n) is 1.90. The van der Waals surface area contributed by atoms with Crippen LogP contribution >= 0.6 is 23.2 Å². The van der Waals surface area contributed by atoms with Crippen LogP contribution in [0.5, 0.6) is 0 Å². The summed E-state index contributed by atoms with van der Waals surface area (Å²) in [6, 6.07) is 5.67. The first kappa shape index (κ1) is 13.2. The van der Waals surface area contributed by atoms with Crippen LogP contribution in [0.4, 0.5) is 0 Å². The van der Waals surface area contributed by atoms with Gasteiger partial charge in [0.15, 0.2) is 0 Å². The number of halogens is 2. The second-order valence-corrected chi connectivity index (χ2v) is 5.86. The summed E-state index contributed by atoms with van der Waals surface area (Å²) in [6.07, 6.45) is 1.05. The minimum absolute atomic E-state index is 0.0477. The lowest BCUT2D eigenvalue weighted by atomic mass is 10.0.